The zero-order valence-corrected chi connectivity index (χ0v) is 19.0. The molecule has 8 heteroatoms. The summed E-state index contributed by atoms with van der Waals surface area (Å²) in [6, 6.07) is 13.4. The van der Waals surface area contributed by atoms with Crippen molar-refractivity contribution in [3.63, 3.8) is 0 Å². The molecule has 4 aromatic rings. The predicted molar refractivity (Wildman–Crippen MR) is 125 cm³/mol. The van der Waals surface area contributed by atoms with Crippen LogP contribution in [0.2, 0.25) is 10.0 Å². The molecule has 3 heterocycles. The van der Waals surface area contributed by atoms with E-state index in [4.69, 9.17) is 32.5 Å². The minimum absolute atomic E-state index is 0.0262. The molecule has 0 saturated carbocycles. The van der Waals surface area contributed by atoms with Gasteiger partial charge in [0.05, 0.1) is 15.6 Å². The number of nitrogens with zero attached hydrogens (tertiary/aromatic N) is 2. The number of benzene rings is 2. The van der Waals surface area contributed by atoms with E-state index >= 15 is 0 Å². The van der Waals surface area contributed by atoms with Crippen molar-refractivity contribution in [2.45, 2.75) is 26.4 Å². The van der Waals surface area contributed by atoms with Crippen molar-refractivity contribution in [3.8, 4) is 11.3 Å². The number of ether oxygens (including phenoxy) is 1. The lowest BCUT2D eigenvalue weighted by Crippen LogP contribution is -2.35. The maximum absolute atomic E-state index is 12.7. The largest absolute Gasteiger partial charge is 0.459 e. The monoisotopic (exact) mass is 469 g/mol. The number of carbonyl (C=O) groups excluding carboxylic acids is 1. The first kappa shape index (κ1) is 20.9. The van der Waals surface area contributed by atoms with Crippen LogP contribution in [0.4, 0.5) is 5.82 Å². The van der Waals surface area contributed by atoms with Gasteiger partial charge < -0.3 is 19.1 Å². The molecule has 0 radical (unpaired) electrons. The van der Waals surface area contributed by atoms with Crippen LogP contribution in [0, 0.1) is 6.92 Å². The van der Waals surface area contributed by atoms with Crippen molar-refractivity contribution in [1.82, 2.24) is 10.1 Å². The predicted octanol–water partition coefficient (Wildman–Crippen LogP) is 5.93. The van der Waals surface area contributed by atoms with E-state index in [0.717, 1.165) is 30.7 Å². The van der Waals surface area contributed by atoms with Crippen LogP contribution in [0.1, 0.15) is 23.3 Å². The number of rotatable bonds is 5. The van der Waals surface area contributed by atoms with Gasteiger partial charge in [-0.05, 0) is 38.0 Å². The first-order valence-corrected chi connectivity index (χ1v) is 11.2. The van der Waals surface area contributed by atoms with E-state index in [0.29, 0.717) is 32.6 Å². The topological polar surface area (TPSA) is 71.4 Å². The number of esters is 1. The summed E-state index contributed by atoms with van der Waals surface area (Å²) < 4.78 is 11.0. The lowest BCUT2D eigenvalue weighted by molar-refractivity contribution is -0.143. The highest BCUT2D eigenvalue weighted by molar-refractivity contribution is 6.39. The van der Waals surface area contributed by atoms with Crippen LogP contribution in [0.3, 0.4) is 0 Å². The highest BCUT2D eigenvalue weighted by atomic mass is 35.5. The number of aryl methyl sites for hydroxylation is 2. The molecule has 0 atom stereocenters. The van der Waals surface area contributed by atoms with E-state index in [1.54, 1.807) is 25.1 Å². The second kappa shape index (κ2) is 8.52. The minimum atomic E-state index is -0.326. The summed E-state index contributed by atoms with van der Waals surface area (Å²) in [5.74, 6) is 1.23. The van der Waals surface area contributed by atoms with E-state index in [1.165, 1.54) is 10.9 Å². The Morgan fingerprint density at radius 2 is 1.97 bits per heavy atom. The third-order valence-corrected chi connectivity index (χ3v) is 6.47. The molecule has 0 bridgehead atoms. The molecule has 1 aliphatic rings. The molecular weight excluding hydrogens is 449 g/mol. The van der Waals surface area contributed by atoms with E-state index in [2.05, 4.69) is 22.3 Å². The number of aromatic amines is 1. The number of carbonyl (C=O) groups is 1. The molecular formula is C24H21Cl2N3O3. The van der Waals surface area contributed by atoms with Crippen LogP contribution in [0.25, 0.3) is 22.2 Å². The number of anilines is 1. The number of hydrogen-bond donors (Lipinski definition) is 1. The van der Waals surface area contributed by atoms with Gasteiger partial charge >= 0.3 is 5.97 Å². The molecule has 1 aliphatic heterocycles. The number of fused-ring (bicyclic) bond motifs is 3. The first-order valence-electron chi connectivity index (χ1n) is 10.4. The summed E-state index contributed by atoms with van der Waals surface area (Å²) in [6.45, 7) is 2.75. The summed E-state index contributed by atoms with van der Waals surface area (Å²) in [6.07, 6.45) is 1.98. The molecule has 0 spiro atoms. The van der Waals surface area contributed by atoms with Crippen LogP contribution in [-0.2, 0) is 22.6 Å². The van der Waals surface area contributed by atoms with Gasteiger partial charge in [0.15, 0.2) is 0 Å². The molecule has 6 nitrogen and oxygen atoms in total. The molecule has 32 heavy (non-hydrogen) atoms. The van der Waals surface area contributed by atoms with E-state index in [9.17, 15) is 4.79 Å². The fourth-order valence-corrected chi connectivity index (χ4v) is 4.84. The van der Waals surface area contributed by atoms with E-state index in [1.807, 2.05) is 17.0 Å². The lowest BCUT2D eigenvalue weighted by atomic mass is 10.0. The van der Waals surface area contributed by atoms with Crippen molar-refractivity contribution >= 4 is 45.9 Å². The molecule has 0 aliphatic carbocycles. The molecule has 0 saturated heterocycles. The first-order chi connectivity index (χ1) is 15.5. The van der Waals surface area contributed by atoms with Gasteiger partial charge in [-0.2, -0.15) is 0 Å². The Bertz CT molecular complexity index is 1290. The molecule has 0 unspecified atom stereocenters. The van der Waals surface area contributed by atoms with Gasteiger partial charge in [0.25, 0.3) is 0 Å². The molecule has 2 aromatic heterocycles. The Labute approximate surface area is 195 Å². The third kappa shape index (κ3) is 3.74. The molecule has 164 valence electrons. The lowest BCUT2D eigenvalue weighted by Gasteiger charge is -2.27. The van der Waals surface area contributed by atoms with Gasteiger partial charge in [-0.1, -0.05) is 52.6 Å². The Hall–Kier alpha value is -2.96. The SMILES string of the molecule is Cc1onc(-c2c(Cl)cccc2Cl)c1COC(=O)CN1CCCc2c1[nH]c1ccccc21. The Morgan fingerprint density at radius 1 is 1.19 bits per heavy atom. The zero-order valence-electron chi connectivity index (χ0n) is 17.5. The maximum atomic E-state index is 12.7. The van der Waals surface area contributed by atoms with E-state index in [-0.39, 0.29) is 19.1 Å². The average molecular weight is 470 g/mol. The van der Waals surface area contributed by atoms with Crippen LogP contribution >= 0.6 is 23.2 Å². The highest BCUT2D eigenvalue weighted by Gasteiger charge is 2.25. The van der Waals surface area contributed by atoms with Gasteiger partial charge in [0, 0.05) is 28.6 Å². The van der Waals surface area contributed by atoms with Crippen LogP contribution in [0.5, 0.6) is 0 Å². The fourth-order valence-electron chi connectivity index (χ4n) is 4.26. The van der Waals surface area contributed by atoms with Crippen molar-refractivity contribution < 1.29 is 14.1 Å². The number of halogens is 2. The molecule has 0 fully saturated rings. The fraction of sp³-hybridized carbons (Fsp3) is 0.250. The molecule has 0 amide bonds. The average Bonchev–Trinajstić information content (AvgIpc) is 3.33. The van der Waals surface area contributed by atoms with Gasteiger partial charge in [0.2, 0.25) is 0 Å². The van der Waals surface area contributed by atoms with Crippen molar-refractivity contribution in [1.29, 1.82) is 0 Å². The van der Waals surface area contributed by atoms with Crippen LogP contribution in [-0.4, -0.2) is 29.2 Å². The smallest absolute Gasteiger partial charge is 0.325 e. The highest BCUT2D eigenvalue weighted by Crippen LogP contribution is 2.37. The quantitative estimate of drug-likeness (QED) is 0.366. The van der Waals surface area contributed by atoms with Gasteiger partial charge in [-0.15, -0.1) is 0 Å². The maximum Gasteiger partial charge on any atom is 0.325 e. The van der Waals surface area contributed by atoms with Crippen LogP contribution < -0.4 is 4.90 Å². The normalized spacial score (nSPS) is 13.4. The zero-order chi connectivity index (χ0) is 22.2. The van der Waals surface area contributed by atoms with Crippen LogP contribution in [0.15, 0.2) is 47.0 Å². The second-order valence-corrected chi connectivity index (χ2v) is 8.66. The number of H-pyrrole nitrogens is 1. The summed E-state index contributed by atoms with van der Waals surface area (Å²) in [7, 11) is 0. The van der Waals surface area contributed by atoms with Gasteiger partial charge in [-0.25, -0.2) is 0 Å². The number of nitrogens with one attached hydrogen (secondary N) is 1. The summed E-state index contributed by atoms with van der Waals surface area (Å²) in [5.41, 5.74) is 4.04. The number of aromatic nitrogens is 2. The Balaban J connectivity index is 1.33. The number of hydrogen-bond acceptors (Lipinski definition) is 5. The summed E-state index contributed by atoms with van der Waals surface area (Å²) in [4.78, 5) is 18.2. The third-order valence-electron chi connectivity index (χ3n) is 5.84. The summed E-state index contributed by atoms with van der Waals surface area (Å²) in [5, 5.41) is 6.23. The van der Waals surface area contributed by atoms with Gasteiger partial charge in [-0.3, -0.25) is 4.79 Å². The standard InChI is InChI=1S/C24H21Cl2N3O3/c1-14-17(23(28-32-14)22-18(25)8-4-9-19(22)26)13-31-21(30)12-29-11-5-7-16-15-6-2-3-10-20(15)27-24(16)29/h2-4,6,8-10,27H,5,7,11-13H2,1H3. The molecule has 2 aromatic carbocycles. The molecule has 5 rings (SSSR count). The van der Waals surface area contributed by atoms with Crippen molar-refractivity contribution in [2.24, 2.45) is 0 Å². The summed E-state index contributed by atoms with van der Waals surface area (Å²) >= 11 is 12.7. The van der Waals surface area contributed by atoms with Crippen molar-refractivity contribution in [2.75, 3.05) is 18.0 Å². The minimum Gasteiger partial charge on any atom is -0.459 e. The molecule has 1 N–H and O–H groups in total. The second-order valence-electron chi connectivity index (χ2n) is 7.85. The number of para-hydroxylation sites is 1. The van der Waals surface area contributed by atoms with E-state index < -0.39 is 0 Å². The Kier molecular flexibility index (Phi) is 5.57. The van der Waals surface area contributed by atoms with Crippen molar-refractivity contribution in [3.05, 3.63) is 69.4 Å². The Morgan fingerprint density at radius 3 is 2.78 bits per heavy atom. The van der Waals surface area contributed by atoms with Gasteiger partial charge in [0.1, 0.15) is 30.4 Å².